The summed E-state index contributed by atoms with van der Waals surface area (Å²) in [7, 11) is 1.28. The number of aromatic nitrogens is 2. The van der Waals surface area contributed by atoms with Gasteiger partial charge in [-0.15, -0.1) is 0 Å². The monoisotopic (exact) mass is 360 g/mol. The van der Waals surface area contributed by atoms with E-state index in [4.69, 9.17) is 4.74 Å². The topological polar surface area (TPSA) is 116 Å². The number of carbonyl (C=O) groups excluding carboxylic acids is 1. The number of esters is 1. The van der Waals surface area contributed by atoms with Crippen molar-refractivity contribution >= 4 is 17.5 Å². The van der Waals surface area contributed by atoms with Gasteiger partial charge in [-0.25, -0.2) is 9.78 Å². The molecule has 0 fully saturated rings. The second-order valence-corrected chi connectivity index (χ2v) is 5.86. The number of nitrogens with zero attached hydrogens (tertiary/aromatic N) is 3. The van der Waals surface area contributed by atoms with Crippen molar-refractivity contribution < 1.29 is 19.2 Å². The Hall–Kier alpha value is -3.23. The van der Waals surface area contributed by atoms with Gasteiger partial charge < -0.3 is 14.8 Å². The highest BCUT2D eigenvalue weighted by Crippen LogP contribution is 2.34. The summed E-state index contributed by atoms with van der Waals surface area (Å²) in [6.45, 7) is 4.66. The van der Waals surface area contributed by atoms with E-state index in [1.165, 1.54) is 37.7 Å². The lowest BCUT2D eigenvalue weighted by Crippen LogP contribution is -2.09. The van der Waals surface area contributed by atoms with Crippen LogP contribution < -0.4 is 10.1 Å². The second kappa shape index (κ2) is 8.75. The van der Waals surface area contributed by atoms with Gasteiger partial charge in [0, 0.05) is 6.54 Å². The Labute approximate surface area is 150 Å². The Balaban J connectivity index is 2.22. The highest BCUT2D eigenvalue weighted by molar-refractivity contribution is 5.89. The van der Waals surface area contributed by atoms with Gasteiger partial charge in [0.25, 0.3) is 0 Å². The van der Waals surface area contributed by atoms with E-state index in [-0.39, 0.29) is 17.4 Å². The van der Waals surface area contributed by atoms with Crippen LogP contribution in [-0.4, -0.2) is 34.5 Å². The summed E-state index contributed by atoms with van der Waals surface area (Å²) in [5.41, 5.74) is 0.00128. The van der Waals surface area contributed by atoms with Crippen LogP contribution in [0.5, 0.6) is 11.6 Å². The number of benzene rings is 1. The van der Waals surface area contributed by atoms with Crippen LogP contribution in [0.1, 0.15) is 30.6 Å². The highest BCUT2D eigenvalue weighted by atomic mass is 16.6. The quantitative estimate of drug-likeness (QED) is 0.432. The number of rotatable bonds is 8. The molecule has 1 aromatic heterocycles. The molecule has 0 amide bonds. The molecular formula is C17H20N4O5. The molecule has 2 rings (SSSR count). The molecule has 0 unspecified atom stereocenters. The number of ether oxygens (including phenoxy) is 2. The molecule has 1 heterocycles. The van der Waals surface area contributed by atoms with E-state index in [2.05, 4.69) is 33.9 Å². The van der Waals surface area contributed by atoms with E-state index in [1.807, 2.05) is 0 Å². The summed E-state index contributed by atoms with van der Waals surface area (Å²) in [6.07, 6.45) is 2.04. The predicted molar refractivity (Wildman–Crippen MR) is 94.5 cm³/mol. The van der Waals surface area contributed by atoms with Crippen molar-refractivity contribution in [1.29, 1.82) is 0 Å². The molecule has 2 aromatic rings. The van der Waals surface area contributed by atoms with E-state index in [9.17, 15) is 14.9 Å². The fraction of sp³-hybridized carbons (Fsp3) is 0.353. The molecule has 0 aliphatic carbocycles. The van der Waals surface area contributed by atoms with Crippen LogP contribution in [0.4, 0.5) is 11.5 Å². The highest BCUT2D eigenvalue weighted by Gasteiger charge is 2.25. The van der Waals surface area contributed by atoms with E-state index >= 15 is 0 Å². The zero-order chi connectivity index (χ0) is 19.1. The van der Waals surface area contributed by atoms with Gasteiger partial charge in [-0.05, 0) is 36.6 Å². The number of anilines is 1. The Kier molecular flexibility index (Phi) is 6.42. The molecule has 1 N–H and O–H groups in total. The van der Waals surface area contributed by atoms with E-state index in [0.29, 0.717) is 23.8 Å². The number of carbonyl (C=O) groups is 1. The maximum atomic E-state index is 11.5. The second-order valence-electron chi connectivity index (χ2n) is 5.86. The van der Waals surface area contributed by atoms with E-state index in [0.717, 1.165) is 6.42 Å². The van der Waals surface area contributed by atoms with Crippen molar-refractivity contribution in [2.75, 3.05) is 19.0 Å². The molecule has 9 heteroatoms. The van der Waals surface area contributed by atoms with Crippen molar-refractivity contribution in [3.05, 3.63) is 46.3 Å². The first-order valence-electron chi connectivity index (χ1n) is 8.01. The van der Waals surface area contributed by atoms with Crippen molar-refractivity contribution in [3.63, 3.8) is 0 Å². The van der Waals surface area contributed by atoms with Crippen molar-refractivity contribution in [2.45, 2.75) is 20.3 Å². The van der Waals surface area contributed by atoms with Gasteiger partial charge in [-0.1, -0.05) is 13.8 Å². The number of nitro groups is 1. The number of methoxy groups -OCH3 is 1. The summed E-state index contributed by atoms with van der Waals surface area (Å²) in [5.74, 6) is 0.191. The van der Waals surface area contributed by atoms with Crippen molar-refractivity contribution in [1.82, 2.24) is 9.97 Å². The lowest BCUT2D eigenvalue weighted by atomic mass is 10.1. The Morgan fingerprint density at radius 1 is 1.27 bits per heavy atom. The van der Waals surface area contributed by atoms with Crippen LogP contribution in [0.3, 0.4) is 0 Å². The van der Waals surface area contributed by atoms with Gasteiger partial charge in [0.15, 0.2) is 0 Å². The fourth-order valence-electron chi connectivity index (χ4n) is 2.10. The predicted octanol–water partition coefficient (Wildman–Crippen LogP) is 3.42. The van der Waals surface area contributed by atoms with Gasteiger partial charge in [0.2, 0.25) is 5.82 Å². The fourth-order valence-corrected chi connectivity index (χ4v) is 2.10. The number of nitrogens with one attached hydrogen (secondary N) is 1. The lowest BCUT2D eigenvalue weighted by Gasteiger charge is -2.10. The molecule has 1 aromatic carbocycles. The zero-order valence-corrected chi connectivity index (χ0v) is 14.8. The van der Waals surface area contributed by atoms with Gasteiger partial charge in [0.1, 0.15) is 12.1 Å². The number of hydrogen-bond acceptors (Lipinski definition) is 8. The SMILES string of the molecule is COC(=O)c1ccc(Oc2ncnc(NCCC(C)C)c2[N+](=O)[O-])cc1. The number of hydrogen-bond donors (Lipinski definition) is 1. The van der Waals surface area contributed by atoms with Crippen molar-refractivity contribution in [3.8, 4) is 11.6 Å². The third kappa shape index (κ3) is 4.88. The van der Waals surface area contributed by atoms with Gasteiger partial charge in [-0.2, -0.15) is 4.98 Å². The molecule has 0 atom stereocenters. The Bertz CT molecular complexity index is 777. The van der Waals surface area contributed by atoms with Gasteiger partial charge in [-0.3, -0.25) is 10.1 Å². The molecule has 0 aliphatic rings. The van der Waals surface area contributed by atoms with Gasteiger partial charge in [0.05, 0.1) is 17.6 Å². The van der Waals surface area contributed by atoms with Crippen LogP contribution >= 0.6 is 0 Å². The molecular weight excluding hydrogens is 340 g/mol. The molecule has 0 spiro atoms. The van der Waals surface area contributed by atoms with Crippen molar-refractivity contribution in [2.24, 2.45) is 5.92 Å². The smallest absolute Gasteiger partial charge is 0.373 e. The Morgan fingerprint density at radius 2 is 1.96 bits per heavy atom. The molecule has 0 bridgehead atoms. The summed E-state index contributed by atoms with van der Waals surface area (Å²) in [6, 6.07) is 6.00. The lowest BCUT2D eigenvalue weighted by molar-refractivity contribution is -0.385. The Morgan fingerprint density at radius 3 is 2.54 bits per heavy atom. The van der Waals surface area contributed by atoms with E-state index < -0.39 is 10.9 Å². The minimum absolute atomic E-state index is 0.104. The molecule has 0 saturated carbocycles. The van der Waals surface area contributed by atoms with Gasteiger partial charge >= 0.3 is 17.5 Å². The normalized spacial score (nSPS) is 10.5. The third-order valence-electron chi connectivity index (χ3n) is 3.48. The molecule has 0 saturated heterocycles. The van der Waals surface area contributed by atoms with Crippen LogP contribution in [0, 0.1) is 16.0 Å². The first kappa shape index (κ1) is 19.1. The zero-order valence-electron chi connectivity index (χ0n) is 14.8. The molecule has 138 valence electrons. The molecule has 0 aliphatic heterocycles. The minimum atomic E-state index is -0.587. The largest absolute Gasteiger partial charge is 0.465 e. The first-order valence-corrected chi connectivity index (χ1v) is 8.01. The van der Waals surface area contributed by atoms with Crippen LogP contribution in [0.2, 0.25) is 0 Å². The van der Waals surface area contributed by atoms with Crippen LogP contribution in [-0.2, 0) is 4.74 Å². The maximum Gasteiger partial charge on any atom is 0.373 e. The third-order valence-corrected chi connectivity index (χ3v) is 3.48. The van der Waals surface area contributed by atoms with Crippen LogP contribution in [0.25, 0.3) is 0 Å². The average Bonchev–Trinajstić information content (AvgIpc) is 2.61. The first-order chi connectivity index (χ1) is 12.4. The standard InChI is InChI=1S/C17H20N4O5/c1-11(2)8-9-18-15-14(21(23)24)16(20-10-19-15)26-13-6-4-12(5-7-13)17(22)25-3/h4-7,10-11H,8-9H2,1-3H3,(H,18,19,20). The summed E-state index contributed by atoms with van der Waals surface area (Å²) >= 11 is 0. The molecule has 9 nitrogen and oxygen atoms in total. The summed E-state index contributed by atoms with van der Waals surface area (Å²) < 4.78 is 10.1. The van der Waals surface area contributed by atoms with E-state index in [1.54, 1.807) is 0 Å². The average molecular weight is 360 g/mol. The summed E-state index contributed by atoms with van der Waals surface area (Å²) in [5, 5.41) is 14.4. The minimum Gasteiger partial charge on any atom is -0.465 e. The summed E-state index contributed by atoms with van der Waals surface area (Å²) in [4.78, 5) is 30.1. The maximum absolute atomic E-state index is 11.5. The molecule has 0 radical (unpaired) electrons. The molecule has 26 heavy (non-hydrogen) atoms. The van der Waals surface area contributed by atoms with Crippen LogP contribution in [0.15, 0.2) is 30.6 Å².